The minimum absolute atomic E-state index is 0.0839. The van der Waals surface area contributed by atoms with E-state index in [9.17, 15) is 14.7 Å². The first-order valence-corrected chi connectivity index (χ1v) is 19.8. The fourth-order valence-corrected chi connectivity index (χ4v) is 10.6. The summed E-state index contributed by atoms with van der Waals surface area (Å²) < 4.78 is 30.6. The monoisotopic (exact) mass is 683 g/mol. The van der Waals surface area contributed by atoms with Gasteiger partial charge in [0.05, 0.1) is 43.7 Å². The Morgan fingerprint density at radius 1 is 1.10 bits per heavy atom. The van der Waals surface area contributed by atoms with Gasteiger partial charge in [0.25, 0.3) is 5.91 Å². The maximum Gasteiger partial charge on any atom is 0.264 e. The molecule has 12 heteroatoms. The third-order valence-electron chi connectivity index (χ3n) is 10.5. The highest BCUT2D eigenvalue weighted by atomic mass is 28.4. The lowest BCUT2D eigenvalue weighted by Gasteiger charge is -2.32. The third-order valence-corrected chi connectivity index (χ3v) is 13.0. The predicted molar refractivity (Wildman–Crippen MR) is 186 cm³/mol. The molecule has 1 spiro atoms. The second-order valence-corrected chi connectivity index (χ2v) is 17.6. The molecule has 256 valence electrons. The number of carbonyl (C=O) groups excluding carboxylic acids is 2. The van der Waals surface area contributed by atoms with Crippen molar-refractivity contribution in [2.24, 2.45) is 5.92 Å². The third kappa shape index (κ3) is 5.75. The van der Waals surface area contributed by atoms with Gasteiger partial charge in [0, 0.05) is 48.4 Å². The summed E-state index contributed by atoms with van der Waals surface area (Å²) in [6, 6.07) is 22.9. The summed E-state index contributed by atoms with van der Waals surface area (Å²) in [6.45, 7) is 6.56. The Kier molecular flexibility index (Phi) is 8.66. The molecule has 3 aliphatic heterocycles. The second kappa shape index (κ2) is 12.8. The molecular weight excluding hydrogens is 642 g/mol. The van der Waals surface area contributed by atoms with Crippen LogP contribution in [0.1, 0.15) is 48.1 Å². The van der Waals surface area contributed by atoms with E-state index < -0.39 is 31.6 Å². The van der Waals surface area contributed by atoms with Crippen molar-refractivity contribution in [3.8, 4) is 5.75 Å². The van der Waals surface area contributed by atoms with Crippen molar-refractivity contribution in [1.82, 2.24) is 15.0 Å². The van der Waals surface area contributed by atoms with Crippen LogP contribution in [0.15, 0.2) is 79.0 Å². The van der Waals surface area contributed by atoms with Gasteiger partial charge in [-0.2, -0.15) is 0 Å². The van der Waals surface area contributed by atoms with Crippen LogP contribution in [-0.2, 0) is 33.0 Å². The van der Waals surface area contributed by atoms with Crippen LogP contribution in [0.5, 0.6) is 5.75 Å². The maximum atomic E-state index is 16.4. The number of aliphatic hydroxyl groups excluding tert-OH is 1. The van der Waals surface area contributed by atoms with Crippen LogP contribution in [0.3, 0.4) is 0 Å². The molecule has 49 heavy (non-hydrogen) atoms. The number of carbonyl (C=O) groups is 2. The molecule has 2 saturated heterocycles. The van der Waals surface area contributed by atoms with E-state index in [1.165, 1.54) is 0 Å². The second-order valence-electron chi connectivity index (χ2n) is 13.9. The van der Waals surface area contributed by atoms with Crippen LogP contribution in [0.2, 0.25) is 18.6 Å². The SMILES string of the molecule is COc1ccc2c(c1)[C@@]1(O[C@H](CCn3cc(C(CO)c4ccccc4)nn3)[C@@H]([Si](C)(C)F)[C@@H]1C)C(=O)N2Cc1cccc(N2CCC2=O)c1. The number of anilines is 2. The molecule has 0 bridgehead atoms. The van der Waals surface area contributed by atoms with Crippen molar-refractivity contribution >= 4 is 31.6 Å². The van der Waals surface area contributed by atoms with Gasteiger partial charge in [0.2, 0.25) is 14.3 Å². The smallest absolute Gasteiger partial charge is 0.264 e. The van der Waals surface area contributed by atoms with Crippen LogP contribution in [0, 0.1) is 5.92 Å². The zero-order valence-corrected chi connectivity index (χ0v) is 29.3. The first-order chi connectivity index (χ1) is 23.5. The van der Waals surface area contributed by atoms with Gasteiger partial charge in [-0.05, 0) is 61.0 Å². The van der Waals surface area contributed by atoms with E-state index in [-0.39, 0.29) is 30.9 Å². The molecule has 4 heterocycles. The van der Waals surface area contributed by atoms with E-state index in [0.717, 1.165) is 16.8 Å². The van der Waals surface area contributed by atoms with Gasteiger partial charge in [0.1, 0.15) is 5.75 Å². The van der Waals surface area contributed by atoms with Crippen molar-refractivity contribution in [1.29, 1.82) is 0 Å². The Morgan fingerprint density at radius 3 is 2.57 bits per heavy atom. The minimum Gasteiger partial charge on any atom is -0.497 e. The largest absolute Gasteiger partial charge is 0.497 e. The average Bonchev–Trinajstić information content (AvgIpc) is 3.74. The van der Waals surface area contributed by atoms with E-state index in [1.807, 2.05) is 85.9 Å². The summed E-state index contributed by atoms with van der Waals surface area (Å²) in [5, 5.41) is 18.8. The molecule has 1 aromatic heterocycles. The number of hydrogen-bond donors (Lipinski definition) is 1. The highest BCUT2D eigenvalue weighted by Gasteiger charge is 2.66. The summed E-state index contributed by atoms with van der Waals surface area (Å²) in [7, 11) is -1.80. The van der Waals surface area contributed by atoms with Gasteiger partial charge in [-0.25, -0.2) is 0 Å². The number of aliphatic hydroxyl groups is 1. The van der Waals surface area contributed by atoms with Gasteiger partial charge < -0.3 is 28.5 Å². The normalized spacial score (nSPS) is 24.0. The topological polar surface area (TPSA) is 110 Å². The average molecular weight is 684 g/mol. The van der Waals surface area contributed by atoms with Gasteiger partial charge in [0.15, 0.2) is 5.60 Å². The van der Waals surface area contributed by atoms with E-state index in [0.29, 0.717) is 48.6 Å². The Bertz CT molecular complexity index is 1870. The first kappa shape index (κ1) is 33.1. The molecule has 1 N–H and O–H groups in total. The Labute approximate surface area is 286 Å². The standard InChI is InChI=1S/C37H42FN5O5Si/c1-24-35(49(3,4)38)33(15-17-41-22-31(39-40-41)29(23-44)26-10-6-5-7-11-26)48-37(24)30-20-28(47-2)13-14-32(30)43(36(37)46)21-25-9-8-12-27(19-25)42-18-16-34(42)45/h5-14,19-20,22,24,29,33,35,44H,15-18,21,23H2,1-4H3/t24-,29?,33+,35-,37+/m0/s1. The Balaban J connectivity index is 1.18. The quantitative estimate of drug-likeness (QED) is 0.125. The van der Waals surface area contributed by atoms with Gasteiger partial charge in [-0.15, -0.1) is 5.10 Å². The molecule has 7 rings (SSSR count). The molecule has 5 atom stereocenters. The van der Waals surface area contributed by atoms with Gasteiger partial charge in [-0.3, -0.25) is 14.3 Å². The lowest BCUT2D eigenvalue weighted by atomic mass is 9.82. The molecule has 4 aromatic rings. The number of β-lactam (4-membered cyclic amide) rings is 1. The number of halogens is 1. The highest BCUT2D eigenvalue weighted by molar-refractivity contribution is 6.72. The van der Waals surface area contributed by atoms with Crippen LogP contribution < -0.4 is 14.5 Å². The van der Waals surface area contributed by atoms with Crippen LogP contribution in [0.4, 0.5) is 15.5 Å². The van der Waals surface area contributed by atoms with E-state index >= 15 is 4.11 Å². The van der Waals surface area contributed by atoms with Gasteiger partial charge in [-0.1, -0.05) is 54.6 Å². The number of methoxy groups -OCH3 is 1. The lowest BCUT2D eigenvalue weighted by Crippen LogP contribution is -2.45. The molecule has 2 fully saturated rings. The number of amides is 2. The first-order valence-electron chi connectivity index (χ1n) is 16.9. The van der Waals surface area contributed by atoms with Crippen molar-refractivity contribution < 1.29 is 28.3 Å². The lowest BCUT2D eigenvalue weighted by molar-refractivity contribution is -0.146. The fourth-order valence-electron chi connectivity index (χ4n) is 8.07. The number of benzene rings is 3. The molecule has 3 aliphatic rings. The van der Waals surface area contributed by atoms with Crippen LogP contribution >= 0.6 is 0 Å². The highest BCUT2D eigenvalue weighted by Crippen LogP contribution is 2.60. The number of nitrogens with zero attached hydrogens (tertiary/aromatic N) is 5. The Hall–Kier alpha value is -4.39. The summed E-state index contributed by atoms with van der Waals surface area (Å²) >= 11 is 0. The van der Waals surface area contributed by atoms with Crippen LogP contribution in [0.25, 0.3) is 0 Å². The summed E-state index contributed by atoms with van der Waals surface area (Å²) in [5.74, 6) is -0.324. The summed E-state index contributed by atoms with van der Waals surface area (Å²) in [4.78, 5) is 30.4. The number of ether oxygens (including phenoxy) is 2. The fraction of sp³-hybridized carbons (Fsp3) is 0.405. The predicted octanol–water partition coefficient (Wildman–Crippen LogP) is 5.56. The molecule has 0 radical (unpaired) electrons. The minimum atomic E-state index is -3.38. The van der Waals surface area contributed by atoms with E-state index in [2.05, 4.69) is 10.3 Å². The van der Waals surface area contributed by atoms with Gasteiger partial charge >= 0.3 is 0 Å². The number of hydrogen-bond acceptors (Lipinski definition) is 7. The number of rotatable bonds is 11. The maximum absolute atomic E-state index is 16.4. The molecule has 2 amide bonds. The number of aromatic nitrogens is 3. The molecule has 0 saturated carbocycles. The van der Waals surface area contributed by atoms with Crippen molar-refractivity contribution in [3.05, 3.63) is 101 Å². The van der Waals surface area contributed by atoms with E-state index in [4.69, 9.17) is 9.47 Å². The van der Waals surface area contributed by atoms with Crippen molar-refractivity contribution in [2.75, 3.05) is 30.1 Å². The molecule has 3 aromatic carbocycles. The van der Waals surface area contributed by atoms with E-state index in [1.54, 1.807) is 34.7 Å². The molecular formula is C37H42FN5O5Si. The van der Waals surface area contributed by atoms with Crippen molar-refractivity contribution in [3.63, 3.8) is 0 Å². The summed E-state index contributed by atoms with van der Waals surface area (Å²) in [6.07, 6.45) is 2.22. The zero-order chi connectivity index (χ0) is 34.5. The van der Waals surface area contributed by atoms with Crippen LogP contribution in [-0.4, -0.2) is 66.7 Å². The molecule has 10 nitrogen and oxygen atoms in total. The number of fused-ring (bicyclic) bond motifs is 2. The number of aryl methyl sites for hydroxylation is 1. The zero-order valence-electron chi connectivity index (χ0n) is 28.3. The van der Waals surface area contributed by atoms with Crippen molar-refractivity contribution in [2.45, 2.75) is 69.1 Å². The Morgan fingerprint density at radius 2 is 1.90 bits per heavy atom. The molecule has 0 aliphatic carbocycles. The molecule has 1 unspecified atom stereocenters. The summed E-state index contributed by atoms with van der Waals surface area (Å²) in [5.41, 5.74) is 2.79.